The highest BCUT2D eigenvalue weighted by molar-refractivity contribution is 6.23. The second-order valence-corrected chi connectivity index (χ2v) is 13.2. The first-order valence-electron chi connectivity index (χ1n) is 15.9. The molecule has 4 aliphatic rings. The van der Waals surface area contributed by atoms with Crippen LogP contribution in [0.3, 0.4) is 0 Å². The zero-order valence-corrected chi connectivity index (χ0v) is 25.5. The Kier molecular flexibility index (Phi) is 6.55. The van der Waals surface area contributed by atoms with Crippen LogP contribution in [0.1, 0.15) is 96.8 Å². The molecule has 46 heavy (non-hydrogen) atoms. The highest BCUT2D eigenvalue weighted by Gasteiger charge is 2.45. The summed E-state index contributed by atoms with van der Waals surface area (Å²) in [5.41, 5.74) is 4.39. The standard InChI is InChI=1S/C33H33FN8O4/c1-16(2)40-14-23-25(34)13-36-29(30(23)39-40)24-15-41(38-28(24)18-3-4-18)20-9-17(10-20)12-35-19-5-6-21-22(11-19)33(46)42(32(21)45)26-7-8-27(43)37-31(26)44/h5-6,11,13-18,20,26,35H,3-4,7-10,12H2,1-2H3,(H,37,43,44)/t17-,20-,26?. The molecule has 2 aliphatic heterocycles. The molecule has 0 bridgehead atoms. The number of hydrogen-bond donors (Lipinski definition) is 2. The van der Waals surface area contributed by atoms with Crippen molar-refractivity contribution in [2.45, 2.75) is 76.4 Å². The van der Waals surface area contributed by atoms with E-state index in [1.807, 2.05) is 24.7 Å². The Hall–Kier alpha value is -4.94. The molecule has 1 aromatic carbocycles. The number of imide groups is 2. The largest absolute Gasteiger partial charge is 0.385 e. The summed E-state index contributed by atoms with van der Waals surface area (Å²) >= 11 is 0. The number of halogens is 1. The highest BCUT2D eigenvalue weighted by Crippen LogP contribution is 2.46. The van der Waals surface area contributed by atoms with Crippen molar-refractivity contribution in [3.63, 3.8) is 0 Å². The molecule has 12 nitrogen and oxygen atoms in total. The third-order valence-electron chi connectivity index (χ3n) is 9.65. The molecule has 1 unspecified atom stereocenters. The summed E-state index contributed by atoms with van der Waals surface area (Å²) in [7, 11) is 0. The van der Waals surface area contributed by atoms with Gasteiger partial charge in [-0.3, -0.25) is 43.7 Å². The lowest BCUT2D eigenvalue weighted by atomic mass is 9.80. The molecular formula is C33H33FN8O4. The second kappa shape index (κ2) is 10.6. The molecule has 0 spiro atoms. The Bertz CT molecular complexity index is 1950. The number of amides is 4. The van der Waals surface area contributed by atoms with Gasteiger partial charge in [0.05, 0.1) is 34.4 Å². The van der Waals surface area contributed by atoms with Crippen LogP contribution in [0.2, 0.25) is 0 Å². The van der Waals surface area contributed by atoms with Crippen LogP contribution in [-0.2, 0) is 9.59 Å². The van der Waals surface area contributed by atoms with E-state index in [4.69, 9.17) is 5.10 Å². The van der Waals surface area contributed by atoms with E-state index in [-0.39, 0.29) is 41.9 Å². The monoisotopic (exact) mass is 624 g/mol. The first-order valence-corrected chi connectivity index (χ1v) is 15.9. The van der Waals surface area contributed by atoms with Crippen molar-refractivity contribution in [1.82, 2.24) is 34.8 Å². The maximum atomic E-state index is 14.7. The number of nitrogens with one attached hydrogen (secondary N) is 2. The molecule has 4 amide bonds. The van der Waals surface area contributed by atoms with E-state index in [2.05, 4.69) is 20.7 Å². The van der Waals surface area contributed by atoms with Gasteiger partial charge in [0.15, 0.2) is 5.82 Å². The summed E-state index contributed by atoms with van der Waals surface area (Å²) in [5.74, 6) is -1.69. The van der Waals surface area contributed by atoms with Crippen LogP contribution in [0.4, 0.5) is 10.1 Å². The molecule has 2 aliphatic carbocycles. The number of carbonyl (C=O) groups excluding carboxylic acids is 4. The Morgan fingerprint density at radius 3 is 2.52 bits per heavy atom. The molecule has 8 rings (SSSR count). The van der Waals surface area contributed by atoms with E-state index >= 15 is 0 Å². The van der Waals surface area contributed by atoms with E-state index in [1.165, 1.54) is 6.20 Å². The first kappa shape index (κ1) is 28.5. The summed E-state index contributed by atoms with van der Waals surface area (Å²) in [4.78, 5) is 55.5. The van der Waals surface area contributed by atoms with Gasteiger partial charge >= 0.3 is 0 Å². The van der Waals surface area contributed by atoms with E-state index in [0.717, 1.165) is 47.5 Å². The van der Waals surface area contributed by atoms with Crippen molar-refractivity contribution in [3.8, 4) is 11.3 Å². The average Bonchev–Trinajstić information content (AvgIpc) is 3.50. The molecule has 2 saturated carbocycles. The van der Waals surface area contributed by atoms with E-state index in [9.17, 15) is 23.6 Å². The van der Waals surface area contributed by atoms with Crippen molar-refractivity contribution in [3.05, 3.63) is 59.4 Å². The minimum Gasteiger partial charge on any atom is -0.385 e. The van der Waals surface area contributed by atoms with Crippen LogP contribution in [0.5, 0.6) is 0 Å². The topological polar surface area (TPSA) is 144 Å². The van der Waals surface area contributed by atoms with Gasteiger partial charge in [0.25, 0.3) is 11.8 Å². The van der Waals surface area contributed by atoms with Crippen LogP contribution in [0, 0.1) is 11.7 Å². The second-order valence-electron chi connectivity index (χ2n) is 13.2. The number of aromatic nitrogens is 5. The van der Waals surface area contributed by atoms with E-state index in [1.54, 1.807) is 29.1 Å². The predicted octanol–water partition coefficient (Wildman–Crippen LogP) is 4.36. The number of piperidine rings is 1. The van der Waals surface area contributed by atoms with Gasteiger partial charge in [0.2, 0.25) is 11.8 Å². The number of hydrogen-bond acceptors (Lipinski definition) is 8. The number of nitrogens with zero attached hydrogens (tertiary/aromatic N) is 6. The van der Waals surface area contributed by atoms with Gasteiger partial charge in [0, 0.05) is 48.6 Å². The molecule has 13 heteroatoms. The van der Waals surface area contributed by atoms with Gasteiger partial charge in [-0.15, -0.1) is 0 Å². The van der Waals surface area contributed by atoms with Crippen molar-refractivity contribution in [2.75, 3.05) is 11.9 Å². The number of anilines is 1. The molecular weight excluding hydrogens is 591 g/mol. The lowest BCUT2D eigenvalue weighted by molar-refractivity contribution is -0.136. The molecule has 5 heterocycles. The summed E-state index contributed by atoms with van der Waals surface area (Å²) in [6, 6.07) is 4.38. The van der Waals surface area contributed by atoms with Crippen molar-refractivity contribution >= 4 is 40.2 Å². The molecule has 236 valence electrons. The summed E-state index contributed by atoms with van der Waals surface area (Å²) in [6.45, 7) is 4.70. The molecule has 1 atom stereocenters. The average molecular weight is 625 g/mol. The fraction of sp³-hybridized carbons (Fsp3) is 0.424. The summed E-state index contributed by atoms with van der Waals surface area (Å²) < 4.78 is 18.5. The fourth-order valence-corrected chi connectivity index (χ4v) is 6.81. The number of pyridine rings is 1. The van der Waals surface area contributed by atoms with Crippen LogP contribution >= 0.6 is 0 Å². The molecule has 4 aromatic rings. The van der Waals surface area contributed by atoms with Gasteiger partial charge < -0.3 is 5.32 Å². The Labute approximate surface area is 263 Å². The number of fused-ring (bicyclic) bond motifs is 2. The quantitative estimate of drug-likeness (QED) is 0.275. The molecule has 2 N–H and O–H groups in total. The third kappa shape index (κ3) is 4.67. The van der Waals surface area contributed by atoms with Gasteiger partial charge in [-0.05, 0) is 70.1 Å². The summed E-state index contributed by atoms with van der Waals surface area (Å²) in [5, 5.41) is 15.8. The number of benzene rings is 1. The van der Waals surface area contributed by atoms with E-state index < -0.39 is 29.7 Å². The summed E-state index contributed by atoms with van der Waals surface area (Å²) in [6.07, 6.45) is 9.25. The molecule has 3 fully saturated rings. The Balaban J connectivity index is 0.947. The van der Waals surface area contributed by atoms with Crippen molar-refractivity contribution in [2.24, 2.45) is 5.92 Å². The van der Waals surface area contributed by atoms with Crippen LogP contribution in [0.15, 0.2) is 36.8 Å². The molecule has 0 radical (unpaired) electrons. The maximum absolute atomic E-state index is 14.7. The predicted molar refractivity (Wildman–Crippen MR) is 164 cm³/mol. The fourth-order valence-electron chi connectivity index (χ4n) is 6.81. The number of rotatable bonds is 8. The maximum Gasteiger partial charge on any atom is 0.262 e. The minimum atomic E-state index is -0.987. The molecule has 3 aromatic heterocycles. The normalized spacial score (nSPS) is 22.9. The highest BCUT2D eigenvalue weighted by atomic mass is 19.1. The van der Waals surface area contributed by atoms with E-state index in [0.29, 0.717) is 35.0 Å². The van der Waals surface area contributed by atoms with Crippen LogP contribution in [-0.4, -0.2) is 65.7 Å². The van der Waals surface area contributed by atoms with Crippen LogP contribution < -0.4 is 10.6 Å². The smallest absolute Gasteiger partial charge is 0.262 e. The zero-order chi connectivity index (χ0) is 31.9. The zero-order valence-electron chi connectivity index (χ0n) is 25.5. The number of carbonyl (C=O) groups is 4. The van der Waals surface area contributed by atoms with Gasteiger partial charge in [-0.25, -0.2) is 4.39 Å². The van der Waals surface area contributed by atoms with Crippen molar-refractivity contribution in [1.29, 1.82) is 0 Å². The van der Waals surface area contributed by atoms with Crippen molar-refractivity contribution < 1.29 is 23.6 Å². The van der Waals surface area contributed by atoms with Crippen LogP contribution in [0.25, 0.3) is 22.2 Å². The third-order valence-corrected chi connectivity index (χ3v) is 9.65. The SMILES string of the molecule is CC(C)n1cc2c(F)cnc(-c3cn([C@H]4C[C@H](CNc5ccc6c(c5)C(=O)N(C5CCC(=O)NC5=O)C6=O)C4)nc3C3CC3)c2n1. The lowest BCUT2D eigenvalue weighted by Gasteiger charge is -2.35. The Morgan fingerprint density at radius 2 is 1.78 bits per heavy atom. The molecule has 1 saturated heterocycles. The minimum absolute atomic E-state index is 0.0808. The first-order chi connectivity index (χ1) is 22.2. The van der Waals surface area contributed by atoms with Gasteiger partial charge in [-0.2, -0.15) is 10.2 Å². The lowest BCUT2D eigenvalue weighted by Crippen LogP contribution is -2.54. The van der Waals surface area contributed by atoms with Gasteiger partial charge in [0.1, 0.15) is 17.3 Å². The van der Waals surface area contributed by atoms with Gasteiger partial charge in [-0.1, -0.05) is 0 Å². The Morgan fingerprint density at radius 1 is 1.00 bits per heavy atom.